The van der Waals surface area contributed by atoms with Gasteiger partial charge in [-0.2, -0.15) is 0 Å². The third-order valence-electron chi connectivity index (χ3n) is 7.45. The van der Waals surface area contributed by atoms with E-state index in [1.807, 2.05) is 45.0 Å². The molecule has 4 aliphatic carbocycles. The van der Waals surface area contributed by atoms with Gasteiger partial charge < -0.3 is 15.4 Å². The van der Waals surface area contributed by atoms with Crippen LogP contribution in [0.3, 0.4) is 0 Å². The molecule has 2 amide bonds. The predicted octanol–water partition coefficient (Wildman–Crippen LogP) is 3.85. The molecule has 1 unspecified atom stereocenters. The van der Waals surface area contributed by atoms with Crippen LogP contribution < -0.4 is 15.4 Å². The fourth-order valence-corrected chi connectivity index (χ4v) is 6.31. The van der Waals surface area contributed by atoms with Crippen LogP contribution in [-0.4, -0.2) is 31.0 Å². The number of aryl methyl sites for hydroxylation is 1. The number of ether oxygens (including phenoxy) is 1. The van der Waals surface area contributed by atoms with Gasteiger partial charge in [-0.15, -0.1) is 0 Å². The number of amides is 2. The first-order valence-electron chi connectivity index (χ1n) is 11.6. The average Bonchev–Trinajstić information content (AvgIpc) is 2.69. The van der Waals surface area contributed by atoms with Crippen molar-refractivity contribution in [1.29, 1.82) is 0 Å². The number of rotatable bonds is 8. The van der Waals surface area contributed by atoms with Crippen LogP contribution in [-0.2, 0) is 9.59 Å². The van der Waals surface area contributed by atoms with Crippen LogP contribution in [0.15, 0.2) is 24.3 Å². The first kappa shape index (κ1) is 21.2. The predicted molar refractivity (Wildman–Crippen MR) is 117 cm³/mol. The Morgan fingerprint density at radius 1 is 1.03 bits per heavy atom. The third-order valence-corrected chi connectivity index (χ3v) is 7.45. The number of carbonyl (C=O) groups excluding carboxylic acids is 2. The van der Waals surface area contributed by atoms with E-state index in [9.17, 15) is 9.59 Å². The average molecular weight is 413 g/mol. The summed E-state index contributed by atoms with van der Waals surface area (Å²) >= 11 is 0. The first-order valence-corrected chi connectivity index (χ1v) is 11.6. The minimum absolute atomic E-state index is 0.0425. The molecule has 0 aromatic heterocycles. The van der Waals surface area contributed by atoms with E-state index in [1.54, 1.807) is 0 Å². The van der Waals surface area contributed by atoms with Crippen LogP contribution >= 0.6 is 0 Å². The molecule has 1 atom stereocenters. The van der Waals surface area contributed by atoms with Crippen molar-refractivity contribution < 1.29 is 14.3 Å². The molecule has 5 rings (SSSR count). The molecule has 30 heavy (non-hydrogen) atoms. The molecule has 5 nitrogen and oxygen atoms in total. The summed E-state index contributed by atoms with van der Waals surface area (Å²) in [6, 6.07) is 7.37. The normalized spacial score (nSPS) is 30.2. The van der Waals surface area contributed by atoms with Gasteiger partial charge in [0.2, 0.25) is 11.8 Å². The number of hydrogen-bond acceptors (Lipinski definition) is 3. The largest absolute Gasteiger partial charge is 0.492 e. The van der Waals surface area contributed by atoms with Gasteiger partial charge in [-0.1, -0.05) is 31.5 Å². The van der Waals surface area contributed by atoms with E-state index < -0.39 is 6.04 Å². The van der Waals surface area contributed by atoms with Crippen molar-refractivity contribution in [2.24, 2.45) is 29.1 Å². The lowest BCUT2D eigenvalue weighted by Gasteiger charge is -2.55. The maximum atomic E-state index is 13.3. The Balaban J connectivity index is 1.29. The van der Waals surface area contributed by atoms with Gasteiger partial charge >= 0.3 is 0 Å². The highest BCUT2D eigenvalue weighted by atomic mass is 16.5. The van der Waals surface area contributed by atoms with E-state index in [0.29, 0.717) is 30.9 Å². The number of nitrogens with one attached hydrogen (secondary N) is 2. The van der Waals surface area contributed by atoms with Crippen molar-refractivity contribution in [3.05, 3.63) is 29.8 Å². The number of benzene rings is 1. The summed E-state index contributed by atoms with van der Waals surface area (Å²) in [7, 11) is 0. The van der Waals surface area contributed by atoms with Crippen molar-refractivity contribution in [3.63, 3.8) is 0 Å². The minimum Gasteiger partial charge on any atom is -0.492 e. The summed E-state index contributed by atoms with van der Waals surface area (Å²) in [5.41, 5.74) is 0.960. The SMILES string of the molecule is Cc1ccc(OCCNC(=O)C(NC(=O)C23CC4CC(CC(C4)C2)C3)C(C)C)cc1. The molecule has 2 N–H and O–H groups in total. The molecule has 1 aromatic rings. The van der Waals surface area contributed by atoms with E-state index in [4.69, 9.17) is 4.74 Å². The highest BCUT2D eigenvalue weighted by Crippen LogP contribution is 2.60. The fraction of sp³-hybridized carbons (Fsp3) is 0.680. The van der Waals surface area contributed by atoms with E-state index in [2.05, 4.69) is 10.6 Å². The summed E-state index contributed by atoms with van der Waals surface area (Å²) in [4.78, 5) is 26.2. The molecule has 0 saturated heterocycles. The molecule has 0 heterocycles. The van der Waals surface area contributed by atoms with Gasteiger partial charge in [0.25, 0.3) is 0 Å². The zero-order chi connectivity index (χ0) is 21.3. The molecular weight excluding hydrogens is 376 g/mol. The second kappa shape index (κ2) is 8.60. The highest BCUT2D eigenvalue weighted by molar-refractivity contribution is 5.90. The lowest BCUT2D eigenvalue weighted by molar-refractivity contribution is -0.149. The molecule has 4 aliphatic rings. The summed E-state index contributed by atoms with van der Waals surface area (Å²) in [5, 5.41) is 6.09. The Morgan fingerprint density at radius 2 is 1.60 bits per heavy atom. The molecule has 4 fully saturated rings. The summed E-state index contributed by atoms with van der Waals surface area (Å²) < 4.78 is 5.70. The zero-order valence-electron chi connectivity index (χ0n) is 18.6. The molecule has 164 valence electrons. The van der Waals surface area contributed by atoms with Crippen molar-refractivity contribution >= 4 is 11.8 Å². The van der Waals surface area contributed by atoms with Gasteiger partial charge in [0, 0.05) is 5.41 Å². The maximum Gasteiger partial charge on any atom is 0.242 e. The van der Waals surface area contributed by atoms with E-state index >= 15 is 0 Å². The maximum absolute atomic E-state index is 13.3. The number of carbonyl (C=O) groups is 2. The van der Waals surface area contributed by atoms with E-state index in [1.165, 1.54) is 24.8 Å². The molecule has 0 spiro atoms. The molecule has 4 saturated carbocycles. The molecule has 4 bridgehead atoms. The quantitative estimate of drug-likeness (QED) is 0.638. The van der Waals surface area contributed by atoms with Gasteiger partial charge in [-0.3, -0.25) is 9.59 Å². The van der Waals surface area contributed by atoms with Crippen molar-refractivity contribution in [1.82, 2.24) is 10.6 Å². The Bertz CT molecular complexity index is 736. The number of hydrogen-bond donors (Lipinski definition) is 2. The summed E-state index contributed by atoms with van der Waals surface area (Å²) in [5.74, 6) is 2.99. The molecular formula is C25H36N2O3. The van der Waals surface area contributed by atoms with Gasteiger partial charge in [0.15, 0.2) is 0 Å². The monoisotopic (exact) mass is 412 g/mol. The van der Waals surface area contributed by atoms with Crippen molar-refractivity contribution in [2.45, 2.75) is 65.3 Å². The lowest BCUT2D eigenvalue weighted by Crippen LogP contribution is -2.58. The van der Waals surface area contributed by atoms with Crippen LogP contribution in [0.4, 0.5) is 0 Å². The van der Waals surface area contributed by atoms with Gasteiger partial charge in [-0.05, 0) is 81.3 Å². The highest BCUT2D eigenvalue weighted by Gasteiger charge is 2.55. The summed E-state index contributed by atoms with van der Waals surface area (Å²) in [6.45, 7) is 6.85. The van der Waals surface area contributed by atoms with E-state index in [-0.39, 0.29) is 23.1 Å². The van der Waals surface area contributed by atoms with Crippen molar-refractivity contribution in [3.8, 4) is 5.75 Å². The molecule has 5 heteroatoms. The standard InChI is InChI=1S/C25H36N2O3/c1-16(2)22(23(28)26-8-9-30-21-6-4-17(3)5-7-21)27-24(29)25-13-18-10-19(14-25)12-20(11-18)15-25/h4-7,16,18-20,22H,8-15H2,1-3H3,(H,26,28)(H,27,29). The Labute approximate surface area is 180 Å². The van der Waals surface area contributed by atoms with Crippen LogP contribution in [0.2, 0.25) is 0 Å². The minimum atomic E-state index is -0.495. The second-order valence-corrected chi connectivity index (χ2v) is 10.3. The van der Waals surface area contributed by atoms with Crippen molar-refractivity contribution in [2.75, 3.05) is 13.2 Å². The second-order valence-electron chi connectivity index (χ2n) is 10.3. The Morgan fingerprint density at radius 3 is 2.13 bits per heavy atom. The first-order chi connectivity index (χ1) is 14.3. The smallest absolute Gasteiger partial charge is 0.242 e. The third kappa shape index (κ3) is 4.50. The topological polar surface area (TPSA) is 67.4 Å². The Kier molecular flexibility index (Phi) is 6.08. The Hall–Kier alpha value is -2.04. The summed E-state index contributed by atoms with van der Waals surface area (Å²) in [6.07, 6.45) is 6.97. The lowest BCUT2D eigenvalue weighted by atomic mass is 9.49. The van der Waals surface area contributed by atoms with Crippen LogP contribution in [0, 0.1) is 36.0 Å². The van der Waals surface area contributed by atoms with Gasteiger partial charge in [0.1, 0.15) is 18.4 Å². The zero-order valence-corrected chi connectivity index (χ0v) is 18.6. The molecule has 1 aromatic carbocycles. The van der Waals surface area contributed by atoms with Crippen LogP contribution in [0.1, 0.15) is 57.9 Å². The van der Waals surface area contributed by atoms with Crippen LogP contribution in [0.25, 0.3) is 0 Å². The molecule has 0 aliphatic heterocycles. The fourth-order valence-electron chi connectivity index (χ4n) is 6.31. The van der Waals surface area contributed by atoms with Gasteiger partial charge in [-0.25, -0.2) is 0 Å². The molecule has 0 radical (unpaired) electrons. The van der Waals surface area contributed by atoms with E-state index in [0.717, 1.165) is 25.0 Å². The van der Waals surface area contributed by atoms with Gasteiger partial charge in [0.05, 0.1) is 6.54 Å². The van der Waals surface area contributed by atoms with Crippen LogP contribution in [0.5, 0.6) is 5.75 Å².